The second-order valence-corrected chi connectivity index (χ2v) is 10.0. The Hall–Kier alpha value is -2.19. The predicted octanol–water partition coefficient (Wildman–Crippen LogP) is 2.85. The second-order valence-electron chi connectivity index (χ2n) is 8.07. The molecule has 3 heterocycles. The molecule has 1 aromatic carbocycles. The lowest BCUT2D eigenvalue weighted by Crippen LogP contribution is -2.49. The zero-order valence-corrected chi connectivity index (χ0v) is 18.7. The Morgan fingerprint density at radius 2 is 1.40 bits per heavy atom. The molecule has 30 heavy (non-hydrogen) atoms. The molecule has 4 rings (SSSR count). The van der Waals surface area contributed by atoms with E-state index in [0.717, 1.165) is 42.5 Å². The molecule has 2 saturated heterocycles. The first-order valence-corrected chi connectivity index (χ1v) is 12.4. The average molecular weight is 430 g/mol. The molecule has 2 fully saturated rings. The molecule has 2 aliphatic heterocycles. The largest absolute Gasteiger partial charge is 0.356 e. The number of benzene rings is 1. The van der Waals surface area contributed by atoms with Crippen LogP contribution in [0.3, 0.4) is 0 Å². The van der Waals surface area contributed by atoms with Crippen LogP contribution in [-0.4, -0.2) is 62.0 Å². The first-order chi connectivity index (χ1) is 14.5. The number of aryl methyl sites for hydroxylation is 2. The van der Waals surface area contributed by atoms with Gasteiger partial charge >= 0.3 is 0 Å². The fraction of sp³-hybridized carbons (Fsp3) is 0.545. The summed E-state index contributed by atoms with van der Waals surface area (Å²) in [4.78, 5) is 14.2. The molecule has 1 aromatic heterocycles. The van der Waals surface area contributed by atoms with E-state index in [0.29, 0.717) is 31.1 Å². The van der Waals surface area contributed by atoms with E-state index in [9.17, 15) is 8.42 Å². The van der Waals surface area contributed by atoms with Crippen LogP contribution in [0, 0.1) is 6.92 Å². The molecule has 2 aromatic rings. The first-order valence-electron chi connectivity index (χ1n) is 10.9. The first kappa shape index (κ1) is 21.1. The maximum absolute atomic E-state index is 13.0. The van der Waals surface area contributed by atoms with Crippen molar-refractivity contribution >= 4 is 21.7 Å². The lowest BCUT2D eigenvalue weighted by molar-refractivity contribution is 0.383. The molecule has 0 amide bonds. The number of piperidine rings is 1. The molecular weight excluding hydrogens is 398 g/mol. The van der Waals surface area contributed by atoms with E-state index < -0.39 is 10.0 Å². The Kier molecular flexibility index (Phi) is 6.24. The van der Waals surface area contributed by atoms with Crippen LogP contribution >= 0.6 is 0 Å². The maximum Gasteiger partial charge on any atom is 0.243 e. The van der Waals surface area contributed by atoms with Gasteiger partial charge in [0.1, 0.15) is 17.5 Å². The van der Waals surface area contributed by atoms with E-state index in [-0.39, 0.29) is 0 Å². The summed E-state index contributed by atoms with van der Waals surface area (Å²) in [5, 5.41) is 0. The van der Waals surface area contributed by atoms with Crippen LogP contribution < -0.4 is 9.80 Å². The summed E-state index contributed by atoms with van der Waals surface area (Å²) in [6.45, 7) is 8.24. The topological polar surface area (TPSA) is 69.6 Å². The minimum atomic E-state index is -3.46. The molecule has 8 heteroatoms. The fourth-order valence-electron chi connectivity index (χ4n) is 4.19. The molecule has 162 valence electrons. The number of anilines is 2. The molecule has 0 aliphatic carbocycles. The average Bonchev–Trinajstić information content (AvgIpc) is 2.79. The maximum atomic E-state index is 13.0. The van der Waals surface area contributed by atoms with E-state index in [4.69, 9.17) is 0 Å². The number of aromatic nitrogens is 2. The molecule has 0 N–H and O–H groups in total. The molecule has 0 atom stereocenters. The Morgan fingerprint density at radius 3 is 1.97 bits per heavy atom. The van der Waals surface area contributed by atoms with Crippen LogP contribution in [0.25, 0.3) is 0 Å². The van der Waals surface area contributed by atoms with Crippen molar-refractivity contribution in [1.82, 2.24) is 14.3 Å². The Morgan fingerprint density at radius 1 is 0.833 bits per heavy atom. The molecule has 0 spiro atoms. The normalized spacial score (nSPS) is 18.6. The molecule has 0 radical (unpaired) electrons. The van der Waals surface area contributed by atoms with Crippen molar-refractivity contribution in [1.29, 1.82) is 0 Å². The van der Waals surface area contributed by atoms with Crippen molar-refractivity contribution in [2.45, 2.75) is 44.4 Å². The lowest BCUT2D eigenvalue weighted by atomic mass is 10.1. The summed E-state index contributed by atoms with van der Waals surface area (Å²) in [6.07, 6.45) is 4.59. The molecule has 7 nitrogen and oxygen atoms in total. The molecule has 2 aliphatic rings. The highest BCUT2D eigenvalue weighted by Crippen LogP contribution is 2.25. The van der Waals surface area contributed by atoms with Gasteiger partial charge in [0.25, 0.3) is 0 Å². The second kappa shape index (κ2) is 8.89. The summed E-state index contributed by atoms with van der Waals surface area (Å²) >= 11 is 0. The standard InChI is InChI=1S/C22H31N5O2S/c1-3-19-7-9-20(10-8-19)30(28,29)27-15-13-26(14-16-27)22-17-21(23-18(2)24-22)25-11-5-4-6-12-25/h7-10,17H,3-6,11-16H2,1-2H3. The highest BCUT2D eigenvalue weighted by Gasteiger charge is 2.29. The van der Waals surface area contributed by atoms with Crippen molar-refractivity contribution in [3.8, 4) is 0 Å². The van der Waals surface area contributed by atoms with E-state index in [2.05, 4.69) is 32.8 Å². The fourth-order valence-corrected chi connectivity index (χ4v) is 5.61. The van der Waals surface area contributed by atoms with Crippen molar-refractivity contribution in [2.24, 2.45) is 0 Å². The SMILES string of the molecule is CCc1ccc(S(=O)(=O)N2CCN(c3cc(N4CCCCC4)nc(C)n3)CC2)cc1. The van der Waals surface area contributed by atoms with Crippen molar-refractivity contribution in [2.75, 3.05) is 49.1 Å². The van der Waals surface area contributed by atoms with Gasteiger partial charge in [-0.05, 0) is 50.3 Å². The van der Waals surface area contributed by atoms with Gasteiger partial charge in [-0.25, -0.2) is 18.4 Å². The summed E-state index contributed by atoms with van der Waals surface area (Å²) in [7, 11) is -3.46. The molecular formula is C22H31N5O2S. The number of sulfonamides is 1. The number of hydrogen-bond acceptors (Lipinski definition) is 6. The highest BCUT2D eigenvalue weighted by molar-refractivity contribution is 7.89. The Balaban J connectivity index is 1.45. The summed E-state index contributed by atoms with van der Waals surface area (Å²) in [5.74, 6) is 2.65. The van der Waals surface area contributed by atoms with Crippen LogP contribution in [0.5, 0.6) is 0 Å². The van der Waals surface area contributed by atoms with Crippen molar-refractivity contribution < 1.29 is 8.42 Å². The van der Waals surface area contributed by atoms with Gasteiger partial charge in [-0.15, -0.1) is 0 Å². The van der Waals surface area contributed by atoms with Gasteiger partial charge in [0.2, 0.25) is 10.0 Å². The van der Waals surface area contributed by atoms with E-state index >= 15 is 0 Å². The lowest BCUT2D eigenvalue weighted by Gasteiger charge is -2.35. The van der Waals surface area contributed by atoms with E-state index in [1.165, 1.54) is 19.3 Å². The van der Waals surface area contributed by atoms with Crippen LogP contribution in [0.2, 0.25) is 0 Å². The minimum absolute atomic E-state index is 0.374. The Bertz CT molecular complexity index is 964. The summed E-state index contributed by atoms with van der Waals surface area (Å²) in [5.41, 5.74) is 1.14. The monoisotopic (exact) mass is 429 g/mol. The Labute approximate surface area is 179 Å². The number of rotatable bonds is 5. The smallest absolute Gasteiger partial charge is 0.243 e. The van der Waals surface area contributed by atoms with Crippen molar-refractivity contribution in [3.63, 3.8) is 0 Å². The quantitative estimate of drug-likeness (QED) is 0.728. The third-order valence-corrected chi connectivity index (χ3v) is 7.94. The van der Waals surface area contributed by atoms with Gasteiger partial charge in [-0.2, -0.15) is 4.31 Å². The van der Waals surface area contributed by atoms with E-state index in [1.54, 1.807) is 16.4 Å². The predicted molar refractivity (Wildman–Crippen MR) is 120 cm³/mol. The molecule has 0 unspecified atom stereocenters. The summed E-state index contributed by atoms with van der Waals surface area (Å²) < 4.78 is 27.6. The van der Waals surface area contributed by atoms with Crippen LogP contribution in [-0.2, 0) is 16.4 Å². The third kappa shape index (κ3) is 4.44. The molecule has 0 bridgehead atoms. The van der Waals surface area contributed by atoms with Crippen molar-refractivity contribution in [3.05, 3.63) is 41.7 Å². The van der Waals surface area contributed by atoms with Gasteiger partial charge in [-0.1, -0.05) is 19.1 Å². The van der Waals surface area contributed by atoms with Gasteiger partial charge < -0.3 is 9.80 Å². The number of piperazine rings is 1. The van der Waals surface area contributed by atoms with E-state index in [1.807, 2.05) is 19.1 Å². The van der Waals surface area contributed by atoms with Gasteiger partial charge in [0.15, 0.2) is 0 Å². The zero-order valence-electron chi connectivity index (χ0n) is 17.9. The third-order valence-electron chi connectivity index (χ3n) is 6.02. The zero-order chi connectivity index (χ0) is 21.1. The minimum Gasteiger partial charge on any atom is -0.356 e. The van der Waals surface area contributed by atoms with Gasteiger partial charge in [0.05, 0.1) is 4.90 Å². The highest BCUT2D eigenvalue weighted by atomic mass is 32.2. The molecule has 0 saturated carbocycles. The van der Waals surface area contributed by atoms with Crippen LogP contribution in [0.15, 0.2) is 35.2 Å². The van der Waals surface area contributed by atoms with Gasteiger partial charge in [-0.3, -0.25) is 0 Å². The number of nitrogens with zero attached hydrogens (tertiary/aromatic N) is 5. The van der Waals surface area contributed by atoms with Gasteiger partial charge in [0, 0.05) is 45.3 Å². The van der Waals surface area contributed by atoms with Crippen LogP contribution in [0.1, 0.15) is 37.6 Å². The number of hydrogen-bond donors (Lipinski definition) is 0. The van der Waals surface area contributed by atoms with Crippen LogP contribution in [0.4, 0.5) is 11.6 Å². The summed E-state index contributed by atoms with van der Waals surface area (Å²) in [6, 6.07) is 9.30.